The number of aromatic nitrogens is 3. The number of nitrogens with one attached hydrogen (secondary N) is 1. The zero-order chi connectivity index (χ0) is 12.4. The van der Waals surface area contributed by atoms with Crippen molar-refractivity contribution in [1.29, 1.82) is 0 Å². The van der Waals surface area contributed by atoms with Gasteiger partial charge in [0.2, 0.25) is 0 Å². The molecule has 1 aliphatic rings. The molecule has 0 unspecified atom stereocenters. The third-order valence-electron chi connectivity index (χ3n) is 3.49. The first-order valence-electron chi connectivity index (χ1n) is 6.57. The molecular weight excluding hydrogens is 224 g/mol. The van der Waals surface area contributed by atoms with Crippen molar-refractivity contribution < 1.29 is 0 Å². The van der Waals surface area contributed by atoms with Crippen LogP contribution in [0.15, 0.2) is 30.3 Å². The van der Waals surface area contributed by atoms with E-state index in [9.17, 15) is 0 Å². The van der Waals surface area contributed by atoms with E-state index in [1.54, 1.807) is 0 Å². The van der Waals surface area contributed by atoms with Gasteiger partial charge in [-0.15, -0.1) is 10.2 Å². The molecule has 0 radical (unpaired) electrons. The van der Waals surface area contributed by atoms with E-state index < -0.39 is 0 Å². The van der Waals surface area contributed by atoms with Crippen LogP contribution < -0.4 is 5.32 Å². The first-order valence-corrected chi connectivity index (χ1v) is 6.57. The number of aryl methyl sites for hydroxylation is 1. The molecule has 1 saturated heterocycles. The van der Waals surface area contributed by atoms with Crippen LogP contribution in [0.1, 0.15) is 37.0 Å². The van der Waals surface area contributed by atoms with Crippen molar-refractivity contribution in [2.45, 2.75) is 32.2 Å². The molecule has 2 heterocycles. The summed E-state index contributed by atoms with van der Waals surface area (Å²) < 4.78 is 2.16. The minimum atomic E-state index is 0.333. The number of hydrogen-bond acceptors (Lipinski definition) is 3. The lowest BCUT2D eigenvalue weighted by molar-refractivity contribution is 0.393. The number of benzene rings is 1. The molecule has 0 bridgehead atoms. The van der Waals surface area contributed by atoms with E-state index in [-0.39, 0.29) is 0 Å². The molecule has 94 valence electrons. The molecule has 0 aliphatic carbocycles. The molecule has 0 amide bonds. The lowest BCUT2D eigenvalue weighted by Gasteiger charge is -2.23. The lowest BCUT2D eigenvalue weighted by atomic mass is 10.0. The molecule has 0 saturated carbocycles. The second-order valence-corrected chi connectivity index (χ2v) is 4.78. The summed E-state index contributed by atoms with van der Waals surface area (Å²) in [5, 5.41) is 12.1. The van der Waals surface area contributed by atoms with Crippen LogP contribution in [0.3, 0.4) is 0 Å². The van der Waals surface area contributed by atoms with Crippen molar-refractivity contribution >= 4 is 0 Å². The van der Waals surface area contributed by atoms with Crippen LogP contribution in [0.25, 0.3) is 5.69 Å². The maximum absolute atomic E-state index is 4.37. The summed E-state index contributed by atoms with van der Waals surface area (Å²) in [7, 11) is 0. The number of rotatable bonds is 2. The third kappa shape index (κ3) is 2.04. The highest BCUT2D eigenvalue weighted by atomic mass is 15.3. The Bertz CT molecular complexity index is 512. The Labute approximate surface area is 107 Å². The molecular formula is C14H18N4. The molecule has 4 heteroatoms. The van der Waals surface area contributed by atoms with Crippen LogP contribution in [0.4, 0.5) is 0 Å². The highest BCUT2D eigenvalue weighted by Gasteiger charge is 2.22. The zero-order valence-electron chi connectivity index (χ0n) is 10.6. The van der Waals surface area contributed by atoms with Crippen molar-refractivity contribution in [2.75, 3.05) is 6.54 Å². The van der Waals surface area contributed by atoms with Gasteiger partial charge in [-0.3, -0.25) is 4.57 Å². The molecule has 0 spiro atoms. The summed E-state index contributed by atoms with van der Waals surface area (Å²) in [5.41, 5.74) is 1.14. The van der Waals surface area contributed by atoms with Gasteiger partial charge in [-0.25, -0.2) is 0 Å². The summed E-state index contributed by atoms with van der Waals surface area (Å²) in [5.74, 6) is 1.99. The van der Waals surface area contributed by atoms with Crippen molar-refractivity contribution in [2.24, 2.45) is 0 Å². The molecule has 3 rings (SSSR count). The molecule has 1 atom stereocenters. The Morgan fingerprint density at radius 3 is 2.72 bits per heavy atom. The van der Waals surface area contributed by atoms with Gasteiger partial charge < -0.3 is 5.32 Å². The van der Waals surface area contributed by atoms with Gasteiger partial charge in [-0.2, -0.15) is 0 Å². The van der Waals surface area contributed by atoms with Crippen LogP contribution in [-0.4, -0.2) is 21.3 Å². The van der Waals surface area contributed by atoms with Crippen LogP contribution in [0.5, 0.6) is 0 Å². The Hall–Kier alpha value is -1.68. The Morgan fingerprint density at radius 2 is 2.00 bits per heavy atom. The minimum Gasteiger partial charge on any atom is -0.307 e. The third-order valence-corrected chi connectivity index (χ3v) is 3.49. The summed E-state index contributed by atoms with van der Waals surface area (Å²) in [6.45, 7) is 3.08. The fourth-order valence-electron chi connectivity index (χ4n) is 2.57. The summed E-state index contributed by atoms with van der Waals surface area (Å²) in [4.78, 5) is 0. The maximum Gasteiger partial charge on any atom is 0.154 e. The molecule has 18 heavy (non-hydrogen) atoms. The van der Waals surface area contributed by atoms with Gasteiger partial charge in [0.25, 0.3) is 0 Å². The van der Waals surface area contributed by atoms with E-state index in [2.05, 4.69) is 32.2 Å². The zero-order valence-corrected chi connectivity index (χ0v) is 10.6. The van der Waals surface area contributed by atoms with E-state index in [4.69, 9.17) is 0 Å². The molecule has 1 aliphatic heterocycles. The van der Waals surface area contributed by atoms with E-state index in [0.29, 0.717) is 6.04 Å². The average Bonchev–Trinajstić information content (AvgIpc) is 2.83. The molecule has 1 N–H and O–H groups in total. The van der Waals surface area contributed by atoms with Gasteiger partial charge in [0.15, 0.2) is 5.82 Å². The van der Waals surface area contributed by atoms with Gasteiger partial charge in [-0.1, -0.05) is 24.6 Å². The van der Waals surface area contributed by atoms with Crippen molar-refractivity contribution in [3.8, 4) is 5.69 Å². The van der Waals surface area contributed by atoms with Crippen molar-refractivity contribution in [3.05, 3.63) is 42.0 Å². The second kappa shape index (κ2) is 4.90. The van der Waals surface area contributed by atoms with Gasteiger partial charge in [-0.05, 0) is 38.4 Å². The fraction of sp³-hybridized carbons (Fsp3) is 0.429. The van der Waals surface area contributed by atoms with Gasteiger partial charge >= 0.3 is 0 Å². The standard InChI is InChI=1S/C14H18N4/c1-11-16-17-14(13-9-5-6-10-15-13)18(11)12-7-3-2-4-8-12/h2-4,7-8,13,15H,5-6,9-10H2,1H3/t13-/m0/s1. The summed E-state index contributed by atoms with van der Waals surface area (Å²) in [6.07, 6.45) is 3.66. The number of piperidine rings is 1. The number of para-hydroxylation sites is 1. The van der Waals surface area contributed by atoms with Gasteiger partial charge in [0.05, 0.1) is 6.04 Å². The van der Waals surface area contributed by atoms with E-state index in [1.807, 2.05) is 25.1 Å². The predicted octanol–water partition coefficient (Wildman–Crippen LogP) is 2.39. The Balaban J connectivity index is 2.01. The number of hydrogen-bond donors (Lipinski definition) is 1. The van der Waals surface area contributed by atoms with Crippen LogP contribution in [-0.2, 0) is 0 Å². The Morgan fingerprint density at radius 1 is 1.17 bits per heavy atom. The quantitative estimate of drug-likeness (QED) is 0.879. The fourth-order valence-corrected chi connectivity index (χ4v) is 2.57. The summed E-state index contributed by atoms with van der Waals surface area (Å²) >= 11 is 0. The largest absolute Gasteiger partial charge is 0.307 e. The highest BCUT2D eigenvalue weighted by Crippen LogP contribution is 2.24. The lowest BCUT2D eigenvalue weighted by Crippen LogP contribution is -2.29. The van der Waals surface area contributed by atoms with E-state index >= 15 is 0 Å². The topological polar surface area (TPSA) is 42.7 Å². The minimum absolute atomic E-state index is 0.333. The summed E-state index contributed by atoms with van der Waals surface area (Å²) in [6, 6.07) is 10.7. The SMILES string of the molecule is Cc1nnc([C@@H]2CCCCN2)n1-c1ccccc1. The molecule has 1 fully saturated rings. The van der Waals surface area contributed by atoms with Crippen LogP contribution in [0.2, 0.25) is 0 Å². The highest BCUT2D eigenvalue weighted by molar-refractivity contribution is 5.34. The molecule has 1 aromatic carbocycles. The predicted molar refractivity (Wildman–Crippen MR) is 70.7 cm³/mol. The van der Waals surface area contributed by atoms with E-state index in [1.165, 1.54) is 12.8 Å². The normalized spacial score (nSPS) is 19.9. The average molecular weight is 242 g/mol. The van der Waals surface area contributed by atoms with Crippen LogP contribution in [0, 0.1) is 6.92 Å². The van der Waals surface area contributed by atoms with Gasteiger partial charge in [0.1, 0.15) is 5.82 Å². The molecule has 1 aromatic heterocycles. The van der Waals surface area contributed by atoms with Crippen molar-refractivity contribution in [1.82, 2.24) is 20.1 Å². The van der Waals surface area contributed by atoms with Crippen molar-refractivity contribution in [3.63, 3.8) is 0 Å². The van der Waals surface area contributed by atoms with Gasteiger partial charge in [0, 0.05) is 5.69 Å². The Kier molecular flexibility index (Phi) is 3.11. The van der Waals surface area contributed by atoms with Crippen LogP contribution >= 0.6 is 0 Å². The second-order valence-electron chi connectivity index (χ2n) is 4.78. The monoisotopic (exact) mass is 242 g/mol. The van der Waals surface area contributed by atoms with E-state index in [0.717, 1.165) is 30.3 Å². The molecule has 4 nitrogen and oxygen atoms in total. The number of nitrogens with zero attached hydrogens (tertiary/aromatic N) is 3. The first-order chi connectivity index (χ1) is 8.86. The maximum atomic E-state index is 4.37. The first kappa shape index (κ1) is 11.4. The smallest absolute Gasteiger partial charge is 0.154 e. The molecule has 2 aromatic rings.